The zero-order valence-electron chi connectivity index (χ0n) is 15.1. The number of carbonyl (C=O) groups is 2. The molecule has 1 atom stereocenters. The van der Waals surface area contributed by atoms with Gasteiger partial charge in [-0.15, -0.1) is 11.8 Å². The summed E-state index contributed by atoms with van der Waals surface area (Å²) in [5.41, 5.74) is 3.32. The number of ether oxygens (including phenoxy) is 1. The van der Waals surface area contributed by atoms with Gasteiger partial charge in [0.2, 0.25) is 0 Å². The predicted octanol–water partition coefficient (Wildman–Crippen LogP) is 4.35. The monoisotopic (exact) mass is 389 g/mol. The number of cyclic esters (lactones) is 2. The van der Waals surface area contributed by atoms with Crippen LogP contribution in [0, 0.1) is 0 Å². The van der Waals surface area contributed by atoms with Gasteiger partial charge in [-0.1, -0.05) is 91.0 Å². The van der Waals surface area contributed by atoms with Gasteiger partial charge in [-0.25, -0.2) is 9.59 Å². The number of hydrogen-bond donors (Lipinski definition) is 1. The molecular weight excluding hydrogens is 370 g/mol. The van der Waals surface area contributed by atoms with E-state index < -0.39 is 22.9 Å². The Hall–Kier alpha value is -3.05. The third-order valence-electron chi connectivity index (χ3n) is 4.78. The van der Waals surface area contributed by atoms with Gasteiger partial charge in [0.25, 0.3) is 0 Å². The summed E-state index contributed by atoms with van der Waals surface area (Å²) in [4.78, 5) is 23.4. The molecule has 0 saturated carbocycles. The molecule has 3 aromatic carbocycles. The van der Waals surface area contributed by atoms with E-state index in [1.165, 1.54) is 0 Å². The molecule has 1 unspecified atom stereocenters. The van der Waals surface area contributed by atoms with Gasteiger partial charge in [-0.05, 0) is 16.7 Å². The molecule has 1 heterocycles. The van der Waals surface area contributed by atoms with Crippen molar-refractivity contribution in [3.05, 3.63) is 108 Å². The van der Waals surface area contributed by atoms with Crippen LogP contribution >= 0.6 is 11.8 Å². The summed E-state index contributed by atoms with van der Waals surface area (Å²) in [5, 5.41) is 2.60. The van der Waals surface area contributed by atoms with Crippen molar-refractivity contribution >= 4 is 23.8 Å². The minimum absolute atomic E-state index is 0.392. The molecule has 1 N–H and O–H groups in total. The largest absolute Gasteiger partial charge is 0.415 e. The fourth-order valence-electron chi connectivity index (χ4n) is 3.48. The Morgan fingerprint density at radius 2 is 1.18 bits per heavy atom. The molecule has 0 radical (unpaired) electrons. The Labute approximate surface area is 167 Å². The van der Waals surface area contributed by atoms with Crippen LogP contribution in [-0.4, -0.2) is 23.9 Å². The average Bonchev–Trinajstić information content (AvgIpc) is 3.08. The molecule has 0 bridgehead atoms. The highest BCUT2D eigenvalue weighted by atomic mass is 32.2. The van der Waals surface area contributed by atoms with E-state index in [-0.39, 0.29) is 0 Å². The summed E-state index contributed by atoms with van der Waals surface area (Å²) >= 11 is 1.62. The molecule has 1 aliphatic rings. The lowest BCUT2D eigenvalue weighted by Gasteiger charge is -2.36. The summed E-state index contributed by atoms with van der Waals surface area (Å²) < 4.78 is 4.12. The highest BCUT2D eigenvalue weighted by Crippen LogP contribution is 2.48. The number of carbonyl (C=O) groups excluding carboxylic acids is 2. The quantitative estimate of drug-likeness (QED) is 0.387. The molecule has 4 rings (SSSR count). The van der Waals surface area contributed by atoms with Crippen LogP contribution < -0.4 is 5.32 Å². The number of alkyl carbamates (subject to hydrolysis) is 1. The number of nitrogens with one attached hydrogen (secondary N) is 1. The first-order valence-electron chi connectivity index (χ1n) is 9.03. The number of hydrogen-bond acceptors (Lipinski definition) is 4. The van der Waals surface area contributed by atoms with Crippen molar-refractivity contribution in [3.8, 4) is 0 Å². The molecule has 0 spiro atoms. The van der Waals surface area contributed by atoms with Crippen molar-refractivity contribution in [1.82, 2.24) is 5.32 Å². The summed E-state index contributed by atoms with van der Waals surface area (Å²) in [5.74, 6) is -0.135. The lowest BCUT2D eigenvalue weighted by atomic mass is 9.84. The summed E-state index contributed by atoms with van der Waals surface area (Å²) in [6.45, 7) is 0. The van der Waals surface area contributed by atoms with Gasteiger partial charge in [0.05, 0.1) is 4.75 Å². The topological polar surface area (TPSA) is 55.4 Å². The van der Waals surface area contributed by atoms with E-state index in [2.05, 4.69) is 46.5 Å². The lowest BCUT2D eigenvalue weighted by molar-refractivity contribution is -0.134. The van der Waals surface area contributed by atoms with Crippen LogP contribution in [0.5, 0.6) is 0 Å². The fraction of sp³-hybridized carbons (Fsp3) is 0.130. The Bertz CT molecular complexity index is 864. The zero-order valence-corrected chi connectivity index (χ0v) is 15.9. The first-order valence-corrected chi connectivity index (χ1v) is 10.0. The summed E-state index contributed by atoms with van der Waals surface area (Å²) in [7, 11) is 0. The fourth-order valence-corrected chi connectivity index (χ4v) is 5.02. The molecule has 1 aliphatic heterocycles. The number of amides is 1. The highest BCUT2D eigenvalue weighted by Gasteiger charge is 2.40. The van der Waals surface area contributed by atoms with E-state index >= 15 is 0 Å². The highest BCUT2D eigenvalue weighted by molar-refractivity contribution is 8.00. The van der Waals surface area contributed by atoms with Crippen LogP contribution in [0.4, 0.5) is 4.79 Å². The van der Waals surface area contributed by atoms with Crippen molar-refractivity contribution in [2.24, 2.45) is 0 Å². The molecule has 0 aliphatic carbocycles. The van der Waals surface area contributed by atoms with E-state index in [0.29, 0.717) is 5.75 Å². The second-order valence-electron chi connectivity index (χ2n) is 6.50. The van der Waals surface area contributed by atoms with Crippen molar-refractivity contribution in [1.29, 1.82) is 0 Å². The minimum Gasteiger partial charge on any atom is -0.375 e. The molecule has 5 heteroatoms. The second-order valence-corrected chi connectivity index (χ2v) is 7.73. The Balaban J connectivity index is 1.83. The van der Waals surface area contributed by atoms with Gasteiger partial charge < -0.3 is 10.1 Å². The van der Waals surface area contributed by atoms with E-state index in [0.717, 1.165) is 16.7 Å². The van der Waals surface area contributed by atoms with Gasteiger partial charge in [0, 0.05) is 5.75 Å². The number of rotatable bonds is 6. The number of esters is 1. The molecule has 140 valence electrons. The van der Waals surface area contributed by atoms with Crippen molar-refractivity contribution in [3.63, 3.8) is 0 Å². The predicted molar refractivity (Wildman–Crippen MR) is 110 cm³/mol. The van der Waals surface area contributed by atoms with Crippen molar-refractivity contribution in [2.45, 2.75) is 10.8 Å². The third kappa shape index (κ3) is 3.41. The summed E-state index contributed by atoms with van der Waals surface area (Å²) in [6, 6.07) is 30.0. The first kappa shape index (κ1) is 18.3. The van der Waals surface area contributed by atoms with Crippen molar-refractivity contribution < 1.29 is 14.3 Å². The summed E-state index contributed by atoms with van der Waals surface area (Å²) in [6.07, 6.45) is -0.680. The van der Waals surface area contributed by atoms with Gasteiger partial charge >= 0.3 is 12.1 Å². The zero-order chi connectivity index (χ0) is 19.4. The van der Waals surface area contributed by atoms with E-state index in [4.69, 9.17) is 0 Å². The molecule has 1 fully saturated rings. The average molecular weight is 389 g/mol. The second kappa shape index (κ2) is 7.90. The molecule has 0 aromatic heterocycles. The van der Waals surface area contributed by atoms with E-state index in [1.807, 2.05) is 54.6 Å². The van der Waals surface area contributed by atoms with Gasteiger partial charge in [-0.3, -0.25) is 0 Å². The maximum atomic E-state index is 12.0. The van der Waals surface area contributed by atoms with Gasteiger partial charge in [-0.2, -0.15) is 0 Å². The van der Waals surface area contributed by atoms with Crippen LogP contribution in [0.15, 0.2) is 91.0 Å². The Kier molecular flexibility index (Phi) is 5.17. The molecule has 28 heavy (non-hydrogen) atoms. The maximum absolute atomic E-state index is 12.0. The molecule has 3 aromatic rings. The first-order chi connectivity index (χ1) is 13.7. The number of thioether (sulfide) groups is 1. The molecule has 4 nitrogen and oxygen atoms in total. The minimum atomic E-state index is -0.680. The maximum Gasteiger partial charge on any atom is 0.415 e. The smallest absolute Gasteiger partial charge is 0.375 e. The Morgan fingerprint density at radius 1 is 0.750 bits per heavy atom. The molecule has 1 amide bonds. The molecule has 1 saturated heterocycles. The van der Waals surface area contributed by atoms with Crippen LogP contribution in [0.1, 0.15) is 16.7 Å². The van der Waals surface area contributed by atoms with Crippen LogP contribution in [0.3, 0.4) is 0 Å². The SMILES string of the molecule is O=C1NC(CSC(c2ccccc2)(c2ccccc2)c2ccccc2)C(=O)O1. The van der Waals surface area contributed by atoms with Crippen LogP contribution in [0.2, 0.25) is 0 Å². The molecular formula is C23H19NO3S. The van der Waals surface area contributed by atoms with Crippen molar-refractivity contribution in [2.75, 3.05) is 5.75 Å². The number of benzene rings is 3. The van der Waals surface area contributed by atoms with E-state index in [1.54, 1.807) is 11.8 Å². The standard InChI is InChI=1S/C23H19NO3S/c25-21-20(24-22(26)27-21)16-28-23(17-10-4-1-5-11-17,18-12-6-2-7-13-18)19-14-8-3-9-15-19/h1-15,20H,16H2,(H,24,26). The van der Waals surface area contributed by atoms with Gasteiger partial charge in [0.1, 0.15) is 6.04 Å². The van der Waals surface area contributed by atoms with Crippen LogP contribution in [-0.2, 0) is 14.3 Å². The lowest BCUT2D eigenvalue weighted by Crippen LogP contribution is -2.35. The van der Waals surface area contributed by atoms with Crippen LogP contribution in [0.25, 0.3) is 0 Å². The van der Waals surface area contributed by atoms with E-state index in [9.17, 15) is 9.59 Å². The third-order valence-corrected chi connectivity index (χ3v) is 6.42. The Morgan fingerprint density at radius 3 is 1.54 bits per heavy atom. The normalized spacial score (nSPS) is 16.5. The van der Waals surface area contributed by atoms with Gasteiger partial charge in [0.15, 0.2) is 0 Å².